The minimum absolute atomic E-state index is 0.310. The molecule has 3 rings (SSSR count). The molecule has 1 aromatic carbocycles. The smallest absolute Gasteiger partial charge is 0.404 e. The number of anilines is 1. The summed E-state index contributed by atoms with van der Waals surface area (Å²) in [6.45, 7) is 0.868. The molecule has 0 saturated carbocycles. The molecule has 0 atom stereocenters. The van der Waals surface area contributed by atoms with Crippen molar-refractivity contribution in [2.24, 2.45) is 0 Å². The second-order valence-electron chi connectivity index (χ2n) is 5.46. The van der Waals surface area contributed by atoms with Crippen LogP contribution in [0.15, 0.2) is 34.6 Å². The minimum atomic E-state index is -1.04. The number of nitrogens with one attached hydrogen (secondary N) is 1. The normalized spacial score (nSPS) is 10.9. The zero-order valence-electron chi connectivity index (χ0n) is 14.3. The van der Waals surface area contributed by atoms with E-state index in [1.165, 1.54) is 18.1 Å². The zero-order chi connectivity index (χ0) is 19.4. The summed E-state index contributed by atoms with van der Waals surface area (Å²) in [6.07, 6.45) is 0.942. The number of amides is 1. The number of aryl methyl sites for hydroxylation is 1. The summed E-state index contributed by atoms with van der Waals surface area (Å²) in [5, 5.41) is 11.8. The molecule has 0 aliphatic carbocycles. The highest BCUT2D eigenvalue weighted by Gasteiger charge is 2.17. The average Bonchev–Trinajstić information content (AvgIpc) is 2.99. The van der Waals surface area contributed by atoms with Crippen LogP contribution >= 0.6 is 34.4 Å². The monoisotopic (exact) mass is 500 g/mol. The maximum Gasteiger partial charge on any atom is 0.404 e. The van der Waals surface area contributed by atoms with Crippen molar-refractivity contribution in [3.8, 4) is 5.75 Å². The number of hydrogen-bond acceptors (Lipinski definition) is 7. The molecule has 4 N–H and O–H groups in total. The highest BCUT2D eigenvalue weighted by atomic mass is 127. The van der Waals surface area contributed by atoms with Crippen molar-refractivity contribution in [3.63, 3.8) is 0 Å². The Morgan fingerprint density at radius 1 is 1.44 bits per heavy atom. The van der Waals surface area contributed by atoms with E-state index in [4.69, 9.17) is 15.6 Å². The van der Waals surface area contributed by atoms with Gasteiger partial charge < -0.3 is 25.5 Å². The van der Waals surface area contributed by atoms with Gasteiger partial charge in [-0.15, -0.1) is 0 Å². The third-order valence-corrected chi connectivity index (χ3v) is 6.06. The molecule has 11 heteroatoms. The predicted octanol–water partition coefficient (Wildman–Crippen LogP) is 2.83. The van der Waals surface area contributed by atoms with Gasteiger partial charge in [-0.1, -0.05) is 11.8 Å². The molecule has 9 nitrogen and oxygen atoms in total. The second kappa shape index (κ2) is 8.61. The van der Waals surface area contributed by atoms with Gasteiger partial charge in [-0.3, -0.25) is 0 Å². The summed E-state index contributed by atoms with van der Waals surface area (Å²) in [7, 11) is 1.62. The van der Waals surface area contributed by atoms with Crippen molar-refractivity contribution >= 4 is 57.4 Å². The molecule has 0 aliphatic rings. The van der Waals surface area contributed by atoms with Gasteiger partial charge in [0.1, 0.15) is 12.1 Å². The van der Waals surface area contributed by atoms with Crippen molar-refractivity contribution in [2.45, 2.75) is 23.0 Å². The lowest BCUT2D eigenvalue weighted by Crippen LogP contribution is -2.23. The van der Waals surface area contributed by atoms with Crippen LogP contribution in [0.5, 0.6) is 5.75 Å². The molecule has 0 saturated heterocycles. The van der Waals surface area contributed by atoms with E-state index in [1.807, 2.05) is 22.8 Å². The van der Waals surface area contributed by atoms with Crippen LogP contribution in [0.3, 0.4) is 0 Å². The van der Waals surface area contributed by atoms with Gasteiger partial charge >= 0.3 is 6.09 Å². The van der Waals surface area contributed by atoms with E-state index in [0.29, 0.717) is 41.6 Å². The van der Waals surface area contributed by atoms with Crippen LogP contribution in [0.2, 0.25) is 0 Å². The van der Waals surface area contributed by atoms with Gasteiger partial charge in [0.25, 0.3) is 0 Å². The Bertz CT molecular complexity index is 980. The summed E-state index contributed by atoms with van der Waals surface area (Å²) < 4.78 is 8.29. The van der Waals surface area contributed by atoms with Crippen LogP contribution in [0.1, 0.15) is 6.42 Å². The number of imidazole rings is 1. The fourth-order valence-electron chi connectivity index (χ4n) is 2.43. The van der Waals surface area contributed by atoms with Gasteiger partial charge in [0, 0.05) is 21.6 Å². The third-order valence-electron chi connectivity index (χ3n) is 3.70. The maximum absolute atomic E-state index is 10.6. The summed E-state index contributed by atoms with van der Waals surface area (Å²) in [5.41, 5.74) is 7.11. The SMILES string of the molecule is COc1ccc(I)c(Sc2nc3c(N)ncnc3n2CCCNC(=O)O)c1. The molecule has 0 aliphatic heterocycles. The van der Waals surface area contributed by atoms with Gasteiger partial charge in [0.05, 0.1) is 7.11 Å². The first-order chi connectivity index (χ1) is 13.0. The van der Waals surface area contributed by atoms with Gasteiger partial charge in [-0.05, 0) is 47.2 Å². The lowest BCUT2D eigenvalue weighted by Gasteiger charge is -2.10. The molecular weight excluding hydrogens is 483 g/mol. The van der Waals surface area contributed by atoms with Crippen LogP contribution in [0, 0.1) is 3.57 Å². The predicted molar refractivity (Wildman–Crippen MR) is 110 cm³/mol. The number of nitrogen functional groups attached to an aromatic ring is 1. The van der Waals surface area contributed by atoms with E-state index >= 15 is 0 Å². The van der Waals surface area contributed by atoms with Gasteiger partial charge in [-0.2, -0.15) is 0 Å². The molecule has 0 unspecified atom stereocenters. The highest BCUT2D eigenvalue weighted by Crippen LogP contribution is 2.35. The lowest BCUT2D eigenvalue weighted by molar-refractivity contribution is 0.194. The number of ether oxygens (including phenoxy) is 1. The highest BCUT2D eigenvalue weighted by molar-refractivity contribution is 14.1. The molecule has 0 spiro atoms. The fourth-order valence-corrected chi connectivity index (χ4v) is 4.06. The van der Waals surface area contributed by atoms with Crippen LogP contribution in [-0.4, -0.2) is 44.4 Å². The number of hydrogen-bond donors (Lipinski definition) is 3. The van der Waals surface area contributed by atoms with E-state index in [-0.39, 0.29) is 0 Å². The second-order valence-corrected chi connectivity index (χ2v) is 7.63. The quantitative estimate of drug-likeness (QED) is 0.334. The van der Waals surface area contributed by atoms with Crippen molar-refractivity contribution in [1.29, 1.82) is 0 Å². The molecular formula is C16H17IN6O3S. The number of carbonyl (C=O) groups is 1. The Kier molecular flexibility index (Phi) is 6.21. The summed E-state index contributed by atoms with van der Waals surface area (Å²) in [6, 6.07) is 5.81. The summed E-state index contributed by atoms with van der Waals surface area (Å²) in [5.74, 6) is 1.06. The molecule has 2 aromatic heterocycles. The third kappa shape index (κ3) is 4.53. The Balaban J connectivity index is 1.95. The molecule has 0 radical (unpaired) electrons. The molecule has 142 valence electrons. The lowest BCUT2D eigenvalue weighted by atomic mass is 10.3. The van der Waals surface area contributed by atoms with Crippen molar-refractivity contribution < 1.29 is 14.6 Å². The number of halogens is 1. The molecule has 27 heavy (non-hydrogen) atoms. The Morgan fingerprint density at radius 2 is 2.26 bits per heavy atom. The van der Waals surface area contributed by atoms with Crippen molar-refractivity contribution in [1.82, 2.24) is 24.8 Å². The first-order valence-corrected chi connectivity index (χ1v) is 9.84. The minimum Gasteiger partial charge on any atom is -0.497 e. The number of rotatable bonds is 7. The van der Waals surface area contributed by atoms with Crippen LogP contribution in [0.4, 0.5) is 10.6 Å². The maximum atomic E-state index is 10.6. The van der Waals surface area contributed by atoms with E-state index in [0.717, 1.165) is 14.2 Å². The number of nitrogens with zero attached hydrogens (tertiary/aromatic N) is 4. The number of aromatic nitrogens is 4. The van der Waals surface area contributed by atoms with E-state index < -0.39 is 6.09 Å². The van der Waals surface area contributed by atoms with Crippen LogP contribution < -0.4 is 15.8 Å². The average molecular weight is 500 g/mol. The zero-order valence-corrected chi connectivity index (χ0v) is 17.3. The molecule has 1 amide bonds. The Labute approximate surface area is 172 Å². The first-order valence-electron chi connectivity index (χ1n) is 7.94. The van der Waals surface area contributed by atoms with Crippen molar-refractivity contribution in [3.05, 3.63) is 28.1 Å². The number of benzene rings is 1. The Morgan fingerprint density at radius 3 is 3.00 bits per heavy atom. The van der Waals surface area contributed by atoms with E-state index in [9.17, 15) is 4.79 Å². The number of nitrogens with two attached hydrogens (primary N) is 1. The van der Waals surface area contributed by atoms with Gasteiger partial charge in [-0.25, -0.2) is 19.7 Å². The van der Waals surface area contributed by atoms with E-state index in [2.05, 4.69) is 42.9 Å². The number of carboxylic acid groups (broad SMARTS) is 1. The molecule has 3 aromatic rings. The first kappa shape index (κ1) is 19.5. The topological polar surface area (TPSA) is 128 Å². The standard InChI is InChI=1S/C16H17IN6O3S/c1-26-9-3-4-10(17)11(7-9)27-15-22-12-13(18)20-8-21-14(12)23(15)6-2-5-19-16(24)25/h3-4,7-8,19H,2,5-6H2,1H3,(H,24,25)(H2,18,20,21). The van der Waals surface area contributed by atoms with E-state index in [1.54, 1.807) is 7.11 Å². The van der Waals surface area contributed by atoms with Crippen molar-refractivity contribution in [2.75, 3.05) is 19.4 Å². The fraction of sp³-hybridized carbons (Fsp3) is 0.250. The largest absolute Gasteiger partial charge is 0.497 e. The molecule has 0 fully saturated rings. The van der Waals surface area contributed by atoms with Gasteiger partial charge in [0.15, 0.2) is 22.1 Å². The van der Waals surface area contributed by atoms with Crippen LogP contribution in [0.25, 0.3) is 11.2 Å². The molecule has 0 bridgehead atoms. The summed E-state index contributed by atoms with van der Waals surface area (Å²) in [4.78, 5) is 24.6. The number of fused-ring (bicyclic) bond motifs is 1. The molecule has 2 heterocycles. The Hall–Kier alpha value is -2.28. The number of methoxy groups -OCH3 is 1. The van der Waals surface area contributed by atoms with Crippen LogP contribution in [-0.2, 0) is 6.54 Å². The van der Waals surface area contributed by atoms with Gasteiger partial charge in [0.2, 0.25) is 0 Å². The summed E-state index contributed by atoms with van der Waals surface area (Å²) >= 11 is 3.73.